The van der Waals surface area contributed by atoms with E-state index < -0.39 is 16.1 Å². The standard InChI is InChI=1S/C10H16BrN3O3S2/c1-6-4-9(18-10(6)11)19(16,17)14(3)7(2)5-8(12)13-15/h4,7,15H,5H2,1-3H3,(H2,12,13). The lowest BCUT2D eigenvalue weighted by Gasteiger charge is -2.22. The molecule has 0 aromatic carbocycles. The second-order valence-electron chi connectivity index (χ2n) is 4.19. The SMILES string of the molecule is Cc1cc(S(=O)(=O)N(C)C(C)CC(N)=NO)sc1Br. The third kappa shape index (κ3) is 3.68. The molecular weight excluding hydrogens is 354 g/mol. The molecule has 108 valence electrons. The molecular formula is C10H16BrN3O3S2. The Morgan fingerprint density at radius 1 is 1.68 bits per heavy atom. The van der Waals surface area contributed by atoms with Crippen molar-refractivity contribution in [3.05, 3.63) is 15.4 Å². The van der Waals surface area contributed by atoms with Gasteiger partial charge in [0.05, 0.1) is 3.79 Å². The van der Waals surface area contributed by atoms with E-state index >= 15 is 0 Å². The lowest BCUT2D eigenvalue weighted by Crippen LogP contribution is -2.37. The zero-order valence-corrected chi connectivity index (χ0v) is 14.0. The summed E-state index contributed by atoms with van der Waals surface area (Å²) in [6.07, 6.45) is 0.164. The van der Waals surface area contributed by atoms with E-state index in [-0.39, 0.29) is 16.5 Å². The Labute approximate surface area is 125 Å². The summed E-state index contributed by atoms with van der Waals surface area (Å²) in [4.78, 5) is 0. The van der Waals surface area contributed by atoms with Gasteiger partial charge in [0.15, 0.2) is 0 Å². The highest BCUT2D eigenvalue weighted by atomic mass is 79.9. The van der Waals surface area contributed by atoms with E-state index in [0.29, 0.717) is 0 Å². The second kappa shape index (κ2) is 6.21. The number of amidine groups is 1. The normalized spacial score (nSPS) is 14.9. The summed E-state index contributed by atoms with van der Waals surface area (Å²) in [5, 5.41) is 11.4. The van der Waals surface area contributed by atoms with Crippen LogP contribution in [-0.2, 0) is 10.0 Å². The first kappa shape index (κ1) is 16.4. The van der Waals surface area contributed by atoms with Crippen molar-refractivity contribution < 1.29 is 13.6 Å². The zero-order chi connectivity index (χ0) is 14.8. The van der Waals surface area contributed by atoms with Crippen LogP contribution >= 0.6 is 27.3 Å². The van der Waals surface area contributed by atoms with Crippen molar-refractivity contribution in [2.45, 2.75) is 30.5 Å². The van der Waals surface area contributed by atoms with Crippen molar-refractivity contribution in [2.24, 2.45) is 10.9 Å². The van der Waals surface area contributed by atoms with Gasteiger partial charge in [-0.05, 0) is 41.4 Å². The number of sulfonamides is 1. The Hall–Kier alpha value is -0.640. The summed E-state index contributed by atoms with van der Waals surface area (Å²) in [6.45, 7) is 3.53. The molecule has 0 radical (unpaired) electrons. The fourth-order valence-corrected chi connectivity index (χ4v) is 5.18. The molecule has 1 atom stereocenters. The van der Waals surface area contributed by atoms with Gasteiger partial charge in [-0.1, -0.05) is 5.16 Å². The van der Waals surface area contributed by atoms with Crippen LogP contribution in [0.5, 0.6) is 0 Å². The predicted molar refractivity (Wildman–Crippen MR) is 79.2 cm³/mol. The number of halogens is 1. The van der Waals surface area contributed by atoms with Crippen molar-refractivity contribution in [1.82, 2.24) is 4.31 Å². The Balaban J connectivity index is 3.00. The molecule has 0 amide bonds. The fourth-order valence-electron chi connectivity index (χ4n) is 1.41. The number of hydrogen-bond acceptors (Lipinski definition) is 5. The average Bonchev–Trinajstić information content (AvgIpc) is 2.69. The van der Waals surface area contributed by atoms with Crippen LogP contribution < -0.4 is 5.73 Å². The van der Waals surface area contributed by atoms with E-state index in [1.165, 1.54) is 22.7 Å². The predicted octanol–water partition coefficient (Wildman–Crippen LogP) is 1.96. The average molecular weight is 370 g/mol. The summed E-state index contributed by atoms with van der Waals surface area (Å²) in [6, 6.07) is 1.22. The van der Waals surface area contributed by atoms with Crippen LogP contribution in [0.3, 0.4) is 0 Å². The number of thiophene rings is 1. The molecule has 1 aromatic rings. The highest BCUT2D eigenvalue weighted by Crippen LogP contribution is 2.32. The van der Waals surface area contributed by atoms with Crippen LogP contribution in [0.15, 0.2) is 19.2 Å². The Morgan fingerprint density at radius 2 is 2.26 bits per heavy atom. The molecule has 1 aromatic heterocycles. The van der Waals surface area contributed by atoms with Crippen LogP contribution in [-0.4, -0.2) is 36.9 Å². The van der Waals surface area contributed by atoms with Gasteiger partial charge in [-0.25, -0.2) is 8.42 Å². The molecule has 0 aliphatic carbocycles. The molecule has 19 heavy (non-hydrogen) atoms. The maximum absolute atomic E-state index is 12.4. The highest BCUT2D eigenvalue weighted by molar-refractivity contribution is 9.11. The van der Waals surface area contributed by atoms with E-state index in [4.69, 9.17) is 10.9 Å². The molecule has 0 aliphatic rings. The van der Waals surface area contributed by atoms with Gasteiger partial charge in [0, 0.05) is 19.5 Å². The molecule has 1 rings (SSSR count). The Kier molecular flexibility index (Phi) is 5.36. The van der Waals surface area contributed by atoms with Gasteiger partial charge in [0.2, 0.25) is 0 Å². The topological polar surface area (TPSA) is 96.0 Å². The molecule has 1 unspecified atom stereocenters. The van der Waals surface area contributed by atoms with Gasteiger partial charge in [0.1, 0.15) is 10.0 Å². The fraction of sp³-hybridized carbons (Fsp3) is 0.500. The second-order valence-corrected chi connectivity index (χ2v) is 8.78. The number of hydrogen-bond donors (Lipinski definition) is 2. The summed E-state index contributed by atoms with van der Waals surface area (Å²) < 4.78 is 27.1. The number of oxime groups is 1. The lowest BCUT2D eigenvalue weighted by molar-refractivity contribution is 0.313. The Morgan fingerprint density at radius 3 is 2.68 bits per heavy atom. The summed E-state index contributed by atoms with van der Waals surface area (Å²) in [5.41, 5.74) is 6.27. The van der Waals surface area contributed by atoms with Gasteiger partial charge in [-0.2, -0.15) is 4.31 Å². The van der Waals surface area contributed by atoms with E-state index in [2.05, 4.69) is 21.1 Å². The molecule has 3 N–H and O–H groups in total. The first-order chi connectivity index (χ1) is 8.70. The van der Waals surface area contributed by atoms with Crippen molar-refractivity contribution in [3.63, 3.8) is 0 Å². The van der Waals surface area contributed by atoms with E-state index in [1.807, 2.05) is 6.92 Å². The van der Waals surface area contributed by atoms with Gasteiger partial charge in [-0.15, -0.1) is 11.3 Å². The van der Waals surface area contributed by atoms with Crippen LogP contribution in [0, 0.1) is 6.92 Å². The summed E-state index contributed by atoms with van der Waals surface area (Å²) in [5.74, 6) is -0.00177. The van der Waals surface area contributed by atoms with Crippen LogP contribution in [0.1, 0.15) is 18.9 Å². The van der Waals surface area contributed by atoms with E-state index in [1.54, 1.807) is 13.0 Å². The van der Waals surface area contributed by atoms with Crippen molar-refractivity contribution in [3.8, 4) is 0 Å². The van der Waals surface area contributed by atoms with E-state index in [0.717, 1.165) is 9.35 Å². The summed E-state index contributed by atoms with van der Waals surface area (Å²) >= 11 is 4.48. The number of nitrogens with two attached hydrogens (primary N) is 1. The van der Waals surface area contributed by atoms with Crippen molar-refractivity contribution in [1.29, 1.82) is 0 Å². The highest BCUT2D eigenvalue weighted by Gasteiger charge is 2.28. The van der Waals surface area contributed by atoms with Crippen LogP contribution in [0.4, 0.5) is 0 Å². The maximum atomic E-state index is 12.4. The minimum atomic E-state index is -3.56. The monoisotopic (exact) mass is 369 g/mol. The minimum Gasteiger partial charge on any atom is -0.409 e. The van der Waals surface area contributed by atoms with Crippen LogP contribution in [0.2, 0.25) is 0 Å². The lowest BCUT2D eigenvalue weighted by atomic mass is 10.2. The quantitative estimate of drug-likeness (QED) is 0.358. The largest absolute Gasteiger partial charge is 0.409 e. The van der Waals surface area contributed by atoms with Crippen molar-refractivity contribution in [2.75, 3.05) is 7.05 Å². The third-order valence-corrected chi connectivity index (χ3v) is 7.28. The molecule has 1 heterocycles. The number of nitrogens with zero attached hydrogens (tertiary/aromatic N) is 2. The molecule has 0 saturated heterocycles. The number of rotatable bonds is 5. The van der Waals surface area contributed by atoms with Gasteiger partial charge in [0.25, 0.3) is 10.0 Å². The van der Waals surface area contributed by atoms with E-state index in [9.17, 15) is 8.42 Å². The van der Waals surface area contributed by atoms with Gasteiger partial charge < -0.3 is 10.9 Å². The maximum Gasteiger partial charge on any atom is 0.252 e. The summed E-state index contributed by atoms with van der Waals surface area (Å²) in [7, 11) is -2.08. The smallest absolute Gasteiger partial charge is 0.252 e. The third-order valence-electron chi connectivity index (χ3n) is 2.72. The molecule has 0 aliphatic heterocycles. The molecule has 0 spiro atoms. The molecule has 0 fully saturated rings. The Bertz CT molecular complexity index is 563. The zero-order valence-electron chi connectivity index (χ0n) is 10.8. The van der Waals surface area contributed by atoms with Crippen LogP contribution in [0.25, 0.3) is 0 Å². The van der Waals surface area contributed by atoms with Gasteiger partial charge in [-0.3, -0.25) is 0 Å². The molecule has 0 bridgehead atoms. The molecule has 9 heteroatoms. The van der Waals surface area contributed by atoms with Crippen molar-refractivity contribution >= 4 is 43.1 Å². The molecule has 0 saturated carbocycles. The first-order valence-corrected chi connectivity index (χ1v) is 8.45. The van der Waals surface area contributed by atoms with Gasteiger partial charge >= 0.3 is 0 Å². The number of aryl methyl sites for hydroxylation is 1. The first-order valence-electron chi connectivity index (χ1n) is 5.40. The minimum absolute atomic E-state index is 0.00177. The molecule has 6 nitrogen and oxygen atoms in total.